The van der Waals surface area contributed by atoms with Crippen molar-refractivity contribution >= 4 is 78.6 Å². The molecule has 0 aliphatic heterocycles. The van der Waals surface area contributed by atoms with Crippen LogP contribution in [0, 0.1) is 0 Å². The number of fused-ring (bicyclic) bond motifs is 3. The average molecular weight is 683 g/mol. The molecule has 0 aliphatic carbocycles. The van der Waals surface area contributed by atoms with Crippen molar-refractivity contribution in [1.82, 2.24) is 45.4 Å². The summed E-state index contributed by atoms with van der Waals surface area (Å²) in [6.45, 7) is 6.84. The number of hydrogen-bond donors (Lipinski definition) is 1. The first-order valence-corrected chi connectivity index (χ1v) is 15.6. The van der Waals surface area contributed by atoms with E-state index in [1.807, 2.05) is 79.7 Å². The summed E-state index contributed by atoms with van der Waals surface area (Å²) in [4.78, 5) is 41.9. The van der Waals surface area contributed by atoms with E-state index in [2.05, 4.69) is 54.6 Å². The molecule has 0 atom stereocenters. The Labute approximate surface area is 281 Å². The van der Waals surface area contributed by atoms with E-state index in [9.17, 15) is 19.2 Å². The van der Waals surface area contributed by atoms with Crippen LogP contribution in [0.15, 0.2) is 72.8 Å². The molecular formula is C32H37Cl2N9O4. The molecule has 0 unspecified atom stereocenters. The molecule has 13 nitrogen and oxygen atoms in total. The monoisotopic (exact) mass is 681 g/mol. The summed E-state index contributed by atoms with van der Waals surface area (Å²) < 4.78 is 2.68. The van der Waals surface area contributed by atoms with Gasteiger partial charge in [-0.1, -0.05) is 73.5 Å². The normalized spacial score (nSPS) is 9.91. The van der Waals surface area contributed by atoms with Crippen molar-refractivity contribution in [2.75, 3.05) is 0 Å². The van der Waals surface area contributed by atoms with Gasteiger partial charge in [-0.3, -0.25) is 19.2 Å². The van der Waals surface area contributed by atoms with Gasteiger partial charge in [-0.25, -0.2) is 0 Å². The number of H-pyrrole nitrogens is 1. The third-order valence-electron chi connectivity index (χ3n) is 5.93. The Bertz CT molecular complexity index is 1830. The summed E-state index contributed by atoms with van der Waals surface area (Å²) in [5.41, 5.74) is 4.88. The van der Waals surface area contributed by atoms with Gasteiger partial charge < -0.3 is 0 Å². The molecule has 0 spiro atoms. The van der Waals surface area contributed by atoms with Crippen LogP contribution in [0.4, 0.5) is 0 Å². The summed E-state index contributed by atoms with van der Waals surface area (Å²) >= 11 is 9.65. The third kappa shape index (κ3) is 13.6. The zero-order valence-corrected chi connectivity index (χ0v) is 28.1. The highest BCUT2D eigenvalue weighted by Gasteiger charge is 2.10. The van der Waals surface area contributed by atoms with Gasteiger partial charge in [0.1, 0.15) is 22.1 Å². The number of carbonyl (C=O) groups is 4. The molecule has 3 aromatic carbocycles. The number of carbonyl (C=O) groups excluding carboxylic acids is 4. The fourth-order valence-electron chi connectivity index (χ4n) is 3.69. The first-order chi connectivity index (χ1) is 22.6. The molecule has 248 valence electrons. The van der Waals surface area contributed by atoms with Crippen LogP contribution < -0.4 is 0 Å². The number of nitrogens with zero attached hydrogens (tertiary/aromatic N) is 8. The lowest BCUT2D eigenvalue weighted by Crippen LogP contribution is -2.11. The standard InChI is InChI=1S/C11H13N3O.C8H7N3O.C6H5N3.C5H9ClO.C2H3ClO/c1-2-3-8-11(15)14-10-7-5-4-6-9(10)12-13-14;1-6(12)11-8-5-3-2-4-7(8)9-10-11;1-2-4-6-5(3-1)7-9-8-6;1-2-3-4-5(6)7;1-2(3)4/h4-7H,2-3,8H2,1H3;2-5H,1H3;1-4H,(H,7,8,9);2-4H2,1H3;1H3. The van der Waals surface area contributed by atoms with Gasteiger partial charge in [-0.05, 0) is 72.4 Å². The predicted molar refractivity (Wildman–Crippen MR) is 182 cm³/mol. The van der Waals surface area contributed by atoms with Crippen LogP contribution in [0.3, 0.4) is 0 Å². The first-order valence-electron chi connectivity index (χ1n) is 14.8. The van der Waals surface area contributed by atoms with Gasteiger partial charge in [-0.15, -0.1) is 10.2 Å². The van der Waals surface area contributed by atoms with Gasteiger partial charge >= 0.3 is 0 Å². The van der Waals surface area contributed by atoms with Gasteiger partial charge in [0.2, 0.25) is 22.3 Å². The van der Waals surface area contributed by atoms with Crippen molar-refractivity contribution in [2.24, 2.45) is 0 Å². The smallest absolute Gasteiger partial charge is 0.248 e. The predicted octanol–water partition coefficient (Wildman–Crippen LogP) is 7.02. The van der Waals surface area contributed by atoms with Crippen molar-refractivity contribution in [2.45, 2.75) is 66.2 Å². The number of aromatic amines is 1. The molecule has 47 heavy (non-hydrogen) atoms. The Morgan fingerprint density at radius 2 is 1.04 bits per heavy atom. The number of para-hydroxylation sites is 4. The molecule has 0 saturated carbocycles. The fourth-order valence-corrected chi connectivity index (χ4v) is 3.82. The maximum atomic E-state index is 11.7. The van der Waals surface area contributed by atoms with Crippen LogP contribution in [0.2, 0.25) is 0 Å². The topological polar surface area (TPSA) is 171 Å². The van der Waals surface area contributed by atoms with Crippen LogP contribution in [-0.4, -0.2) is 67.7 Å². The van der Waals surface area contributed by atoms with Crippen molar-refractivity contribution < 1.29 is 19.2 Å². The van der Waals surface area contributed by atoms with E-state index in [0.717, 1.165) is 58.8 Å². The fraction of sp³-hybridized carbons (Fsp3) is 0.312. The minimum Gasteiger partial charge on any atom is -0.282 e. The third-order valence-corrected chi connectivity index (χ3v) is 6.12. The lowest BCUT2D eigenvalue weighted by molar-refractivity contribution is -0.112. The number of aromatic nitrogens is 9. The molecule has 0 aliphatic rings. The molecule has 0 fully saturated rings. The number of nitrogens with one attached hydrogen (secondary N) is 1. The summed E-state index contributed by atoms with van der Waals surface area (Å²) in [5.74, 6) is -0.103. The molecule has 3 heterocycles. The van der Waals surface area contributed by atoms with Crippen molar-refractivity contribution in [3.8, 4) is 0 Å². The maximum Gasteiger partial charge on any atom is 0.248 e. The Hall–Kier alpha value is -4.88. The largest absolute Gasteiger partial charge is 0.282 e. The highest BCUT2D eigenvalue weighted by atomic mass is 35.5. The van der Waals surface area contributed by atoms with E-state index in [0.29, 0.717) is 12.8 Å². The second-order valence-corrected chi connectivity index (χ2v) is 10.7. The molecule has 15 heteroatoms. The van der Waals surface area contributed by atoms with Crippen LogP contribution in [-0.2, 0) is 9.59 Å². The van der Waals surface area contributed by atoms with E-state index in [-0.39, 0.29) is 22.3 Å². The molecule has 0 bridgehead atoms. The summed E-state index contributed by atoms with van der Waals surface area (Å²) in [7, 11) is 0. The van der Waals surface area contributed by atoms with E-state index in [1.54, 1.807) is 0 Å². The second-order valence-electron chi connectivity index (χ2n) is 9.74. The summed E-state index contributed by atoms with van der Waals surface area (Å²) in [6.07, 6.45) is 4.92. The molecule has 0 amide bonds. The van der Waals surface area contributed by atoms with Crippen LogP contribution >= 0.6 is 23.2 Å². The second kappa shape index (κ2) is 21.0. The highest BCUT2D eigenvalue weighted by Crippen LogP contribution is 2.11. The molecule has 6 rings (SSSR count). The Kier molecular flexibility index (Phi) is 17.1. The zero-order chi connectivity index (χ0) is 34.6. The Balaban J connectivity index is 0.000000217. The number of rotatable bonds is 6. The van der Waals surface area contributed by atoms with Gasteiger partial charge in [0, 0.05) is 26.7 Å². The molecule has 0 saturated heterocycles. The highest BCUT2D eigenvalue weighted by molar-refractivity contribution is 6.63. The van der Waals surface area contributed by atoms with Crippen molar-refractivity contribution in [1.29, 1.82) is 0 Å². The molecule has 3 aromatic heterocycles. The number of hydrogen-bond acceptors (Lipinski definition) is 10. The van der Waals surface area contributed by atoms with Crippen LogP contribution in [0.25, 0.3) is 33.1 Å². The van der Waals surface area contributed by atoms with Crippen LogP contribution in [0.5, 0.6) is 0 Å². The van der Waals surface area contributed by atoms with Crippen LogP contribution in [0.1, 0.15) is 75.8 Å². The molecule has 1 N–H and O–H groups in total. The Morgan fingerprint density at radius 3 is 1.47 bits per heavy atom. The molecule has 0 radical (unpaired) electrons. The summed E-state index contributed by atoms with van der Waals surface area (Å²) in [5, 5.41) is 25.1. The van der Waals surface area contributed by atoms with E-state index in [4.69, 9.17) is 11.6 Å². The SMILES string of the molecule is CC(=O)Cl.CC(=O)n1nnc2ccccc21.CCCCC(=O)Cl.CCCCC(=O)n1nnc2ccccc21.c1ccc2n[nH]nc2c1. The van der Waals surface area contributed by atoms with Crippen molar-refractivity contribution in [3.05, 3.63) is 72.8 Å². The quantitative estimate of drug-likeness (QED) is 0.180. The lowest BCUT2D eigenvalue weighted by Gasteiger charge is -1.99. The lowest BCUT2D eigenvalue weighted by atomic mass is 10.2. The summed E-state index contributed by atoms with van der Waals surface area (Å²) in [6, 6.07) is 22.5. The molecular weight excluding hydrogens is 645 g/mol. The van der Waals surface area contributed by atoms with Gasteiger partial charge in [-0.2, -0.15) is 24.8 Å². The maximum absolute atomic E-state index is 11.7. The number of benzene rings is 3. The van der Waals surface area contributed by atoms with E-state index in [1.165, 1.54) is 23.2 Å². The minimum absolute atomic E-state index is 0.0190. The first kappa shape index (κ1) is 38.3. The number of halogens is 2. The zero-order valence-electron chi connectivity index (χ0n) is 26.6. The van der Waals surface area contributed by atoms with Crippen molar-refractivity contribution in [3.63, 3.8) is 0 Å². The van der Waals surface area contributed by atoms with Gasteiger partial charge in [0.05, 0.1) is 11.0 Å². The van der Waals surface area contributed by atoms with E-state index < -0.39 is 0 Å². The average Bonchev–Trinajstić information content (AvgIpc) is 3.82. The van der Waals surface area contributed by atoms with Gasteiger partial charge in [0.25, 0.3) is 0 Å². The molecule has 6 aromatic rings. The minimum atomic E-state index is -0.361. The van der Waals surface area contributed by atoms with Gasteiger partial charge in [0.15, 0.2) is 0 Å². The number of unbranched alkanes of at least 4 members (excludes halogenated alkanes) is 2. The van der Waals surface area contributed by atoms with E-state index >= 15 is 0 Å². The Morgan fingerprint density at radius 1 is 0.638 bits per heavy atom.